The van der Waals surface area contributed by atoms with Crippen LogP contribution in [0.15, 0.2) is 81.4 Å². The molecule has 244 valence electrons. The summed E-state index contributed by atoms with van der Waals surface area (Å²) in [6.45, 7) is 3.76. The van der Waals surface area contributed by atoms with Crippen LogP contribution in [0.4, 0.5) is 26.3 Å². The highest BCUT2D eigenvalue weighted by Crippen LogP contribution is 2.45. The SMILES string of the molecule is CC1(Oc2ccc([S+](c3ccccc3)c3ccc(OC4(C)CCCCC4)c(OC(F)(F)F)c3)cc2OC(F)(F)F)CCCCC1. The van der Waals surface area contributed by atoms with Gasteiger partial charge in [-0.15, -0.1) is 26.3 Å². The normalized spacial score (nSPS) is 18.3. The van der Waals surface area contributed by atoms with Crippen LogP contribution in [0.1, 0.15) is 78.1 Å². The monoisotopic (exact) mass is 655 g/mol. The minimum Gasteiger partial charge on any atom is -0.484 e. The third kappa shape index (κ3) is 8.95. The lowest BCUT2D eigenvalue weighted by Crippen LogP contribution is -2.35. The molecule has 2 fully saturated rings. The third-order valence-electron chi connectivity index (χ3n) is 8.27. The standard InChI is InChI=1S/C34H37F6O4S/c1-31(18-8-4-9-19-31)41-27-16-14-25(22-29(27)43-33(35,36)37)45(24-12-6-3-7-13-24)26-15-17-28(30(23-26)44-34(38,39)40)42-32(2)20-10-5-11-21-32/h3,6-7,12-17,22-23H,4-5,8-11,18-21H2,1-2H3/q+1. The van der Waals surface area contributed by atoms with Crippen molar-refractivity contribution in [3.05, 3.63) is 66.7 Å². The van der Waals surface area contributed by atoms with Crippen molar-refractivity contribution in [2.24, 2.45) is 0 Å². The van der Waals surface area contributed by atoms with Crippen molar-refractivity contribution in [1.82, 2.24) is 0 Å². The Balaban J connectivity index is 1.58. The van der Waals surface area contributed by atoms with Gasteiger partial charge >= 0.3 is 12.7 Å². The van der Waals surface area contributed by atoms with E-state index in [9.17, 15) is 26.3 Å². The molecule has 2 aliphatic rings. The molecule has 3 aromatic rings. The maximum atomic E-state index is 13.6. The van der Waals surface area contributed by atoms with E-state index in [1.54, 1.807) is 42.5 Å². The van der Waals surface area contributed by atoms with Crippen LogP contribution < -0.4 is 18.9 Å². The van der Waals surface area contributed by atoms with Crippen molar-refractivity contribution in [1.29, 1.82) is 0 Å². The lowest BCUT2D eigenvalue weighted by molar-refractivity contribution is -0.276. The molecule has 3 aromatic carbocycles. The average Bonchev–Trinajstić information content (AvgIpc) is 2.95. The van der Waals surface area contributed by atoms with Gasteiger partial charge in [0.05, 0.1) is 10.9 Å². The molecule has 0 saturated heterocycles. The number of rotatable bonds is 9. The molecular formula is C34H37F6O4S+. The van der Waals surface area contributed by atoms with Gasteiger partial charge in [-0.3, -0.25) is 0 Å². The predicted octanol–water partition coefficient (Wildman–Crippen LogP) is 10.8. The van der Waals surface area contributed by atoms with Crippen LogP contribution in [0.5, 0.6) is 23.0 Å². The van der Waals surface area contributed by atoms with Gasteiger partial charge in [-0.1, -0.05) is 31.0 Å². The van der Waals surface area contributed by atoms with E-state index in [1.807, 2.05) is 13.8 Å². The Kier molecular flexibility index (Phi) is 9.77. The average molecular weight is 656 g/mol. The summed E-state index contributed by atoms with van der Waals surface area (Å²) < 4.78 is 103. The minimum absolute atomic E-state index is 0.0392. The van der Waals surface area contributed by atoms with E-state index >= 15 is 0 Å². The Morgan fingerprint density at radius 1 is 0.511 bits per heavy atom. The highest BCUT2D eigenvalue weighted by Gasteiger charge is 2.40. The molecule has 0 unspecified atom stereocenters. The maximum absolute atomic E-state index is 13.6. The van der Waals surface area contributed by atoms with Crippen molar-refractivity contribution in [3.63, 3.8) is 0 Å². The van der Waals surface area contributed by atoms with Crippen molar-refractivity contribution >= 4 is 10.9 Å². The van der Waals surface area contributed by atoms with E-state index in [2.05, 4.69) is 9.47 Å². The summed E-state index contributed by atoms with van der Waals surface area (Å²) in [7, 11) is -1.15. The summed E-state index contributed by atoms with van der Waals surface area (Å²) in [6, 6.07) is 17.6. The second kappa shape index (κ2) is 13.3. The second-order valence-electron chi connectivity index (χ2n) is 12.2. The third-order valence-corrected chi connectivity index (χ3v) is 10.5. The molecule has 0 atom stereocenters. The van der Waals surface area contributed by atoms with Crippen LogP contribution in [-0.4, -0.2) is 23.9 Å². The lowest BCUT2D eigenvalue weighted by Gasteiger charge is -2.35. The summed E-state index contributed by atoms with van der Waals surface area (Å²) in [6.07, 6.45) is -1.49. The lowest BCUT2D eigenvalue weighted by atomic mass is 9.86. The van der Waals surface area contributed by atoms with E-state index in [1.165, 1.54) is 24.3 Å². The molecule has 0 heterocycles. The second-order valence-corrected chi connectivity index (χ2v) is 14.2. The molecule has 0 aliphatic heterocycles. The quantitative estimate of drug-likeness (QED) is 0.170. The van der Waals surface area contributed by atoms with Crippen LogP contribution in [-0.2, 0) is 10.9 Å². The zero-order valence-electron chi connectivity index (χ0n) is 25.2. The molecule has 0 aromatic heterocycles. The van der Waals surface area contributed by atoms with Gasteiger partial charge in [0, 0.05) is 12.1 Å². The number of alkyl halides is 6. The highest BCUT2D eigenvalue weighted by atomic mass is 32.2. The fraction of sp³-hybridized carbons (Fsp3) is 0.471. The van der Waals surface area contributed by atoms with Crippen LogP contribution in [0.2, 0.25) is 0 Å². The first-order chi connectivity index (χ1) is 21.2. The van der Waals surface area contributed by atoms with E-state index in [-0.39, 0.29) is 11.5 Å². The van der Waals surface area contributed by atoms with Crippen LogP contribution in [0.3, 0.4) is 0 Å². The molecule has 0 bridgehead atoms. The molecule has 0 amide bonds. The molecule has 2 aliphatic carbocycles. The fourth-order valence-corrected chi connectivity index (χ4v) is 8.21. The summed E-state index contributed by atoms with van der Waals surface area (Å²) in [4.78, 5) is 1.47. The molecule has 5 rings (SSSR count). The zero-order chi connectivity index (χ0) is 32.3. The van der Waals surface area contributed by atoms with Gasteiger partial charge in [0.25, 0.3) is 0 Å². The first kappa shape index (κ1) is 33.2. The fourth-order valence-electron chi connectivity index (χ4n) is 6.11. The van der Waals surface area contributed by atoms with Gasteiger partial charge in [-0.2, -0.15) is 0 Å². The molecule has 0 radical (unpaired) electrons. The first-order valence-electron chi connectivity index (χ1n) is 15.2. The summed E-state index contributed by atoms with van der Waals surface area (Å²) in [5.74, 6) is -1.08. The molecule has 0 N–H and O–H groups in total. The van der Waals surface area contributed by atoms with Crippen LogP contribution >= 0.6 is 0 Å². The molecule has 45 heavy (non-hydrogen) atoms. The number of hydrogen-bond donors (Lipinski definition) is 0. The zero-order valence-corrected chi connectivity index (χ0v) is 26.0. The molecule has 11 heteroatoms. The molecule has 2 saturated carbocycles. The summed E-state index contributed by atoms with van der Waals surface area (Å²) in [5.41, 5.74) is -1.28. The van der Waals surface area contributed by atoms with Gasteiger partial charge in [-0.05, 0) is 102 Å². The van der Waals surface area contributed by atoms with Gasteiger partial charge in [-0.25, -0.2) is 0 Å². The van der Waals surface area contributed by atoms with E-state index in [4.69, 9.17) is 9.47 Å². The van der Waals surface area contributed by atoms with Gasteiger partial charge in [0.2, 0.25) is 0 Å². The highest BCUT2D eigenvalue weighted by molar-refractivity contribution is 7.97. The molecule has 0 spiro atoms. The Morgan fingerprint density at radius 2 is 0.911 bits per heavy atom. The van der Waals surface area contributed by atoms with E-state index in [0.717, 1.165) is 38.5 Å². The van der Waals surface area contributed by atoms with Crippen molar-refractivity contribution < 1.29 is 45.3 Å². The summed E-state index contributed by atoms with van der Waals surface area (Å²) >= 11 is 0. The number of hydrogen-bond acceptors (Lipinski definition) is 4. The van der Waals surface area contributed by atoms with Gasteiger partial charge in [0.15, 0.2) is 37.7 Å². The maximum Gasteiger partial charge on any atom is 0.573 e. The smallest absolute Gasteiger partial charge is 0.484 e. The van der Waals surface area contributed by atoms with Gasteiger partial charge in [0.1, 0.15) is 11.2 Å². The Bertz CT molecular complexity index is 1340. The number of halogens is 6. The Hall–Kier alpha value is -3.21. The van der Waals surface area contributed by atoms with Crippen LogP contribution in [0, 0.1) is 0 Å². The topological polar surface area (TPSA) is 36.9 Å². The molecule has 4 nitrogen and oxygen atoms in total. The number of ether oxygens (including phenoxy) is 4. The van der Waals surface area contributed by atoms with Crippen molar-refractivity contribution in [2.45, 2.75) is 117 Å². The molecular weight excluding hydrogens is 618 g/mol. The Labute approximate surface area is 262 Å². The Morgan fingerprint density at radius 3 is 1.29 bits per heavy atom. The largest absolute Gasteiger partial charge is 0.573 e. The predicted molar refractivity (Wildman–Crippen MR) is 159 cm³/mol. The van der Waals surface area contributed by atoms with E-state index < -0.39 is 46.3 Å². The number of benzene rings is 3. The van der Waals surface area contributed by atoms with Crippen molar-refractivity contribution in [3.8, 4) is 23.0 Å². The first-order valence-corrected chi connectivity index (χ1v) is 16.4. The van der Waals surface area contributed by atoms with E-state index in [0.29, 0.717) is 40.4 Å². The summed E-state index contributed by atoms with van der Waals surface area (Å²) in [5, 5.41) is 0. The van der Waals surface area contributed by atoms with Crippen LogP contribution in [0.25, 0.3) is 0 Å². The van der Waals surface area contributed by atoms with Gasteiger partial charge < -0.3 is 18.9 Å². The van der Waals surface area contributed by atoms with Crippen molar-refractivity contribution in [2.75, 3.05) is 0 Å². The minimum atomic E-state index is -4.99.